The fourth-order valence-electron chi connectivity index (χ4n) is 2.23. The summed E-state index contributed by atoms with van der Waals surface area (Å²) in [5, 5.41) is 7.10. The highest BCUT2D eigenvalue weighted by Crippen LogP contribution is 2.18. The minimum absolute atomic E-state index is 0.0606. The lowest BCUT2D eigenvalue weighted by Crippen LogP contribution is -2.47. The molecule has 2 rings (SSSR count). The van der Waals surface area contributed by atoms with E-state index < -0.39 is 36.6 Å². The SMILES string of the molecule is CC(C)[C@H](NC(=O)OCc1ccccc1)C(=O)OCC(=O)NC(=O)NC1CC1. The Morgan fingerprint density at radius 2 is 1.75 bits per heavy atom. The molecule has 0 saturated heterocycles. The van der Waals surface area contributed by atoms with Crippen LogP contribution in [0, 0.1) is 5.92 Å². The van der Waals surface area contributed by atoms with Gasteiger partial charge in [-0.15, -0.1) is 0 Å². The van der Waals surface area contributed by atoms with E-state index in [4.69, 9.17) is 9.47 Å². The predicted octanol–water partition coefficient (Wildman–Crippen LogP) is 1.47. The minimum Gasteiger partial charge on any atom is -0.454 e. The Bertz CT molecular complexity index is 703. The number of rotatable bonds is 8. The molecule has 1 fully saturated rings. The monoisotopic (exact) mass is 391 g/mol. The van der Waals surface area contributed by atoms with Crippen LogP contribution in [0.25, 0.3) is 0 Å². The van der Waals surface area contributed by atoms with E-state index >= 15 is 0 Å². The number of ether oxygens (including phenoxy) is 2. The lowest BCUT2D eigenvalue weighted by Gasteiger charge is -2.20. The molecule has 152 valence electrons. The Kier molecular flexibility index (Phi) is 7.79. The second-order valence-corrected chi connectivity index (χ2v) is 6.83. The molecule has 1 atom stereocenters. The van der Waals surface area contributed by atoms with Gasteiger partial charge in [0.1, 0.15) is 12.6 Å². The summed E-state index contributed by atoms with van der Waals surface area (Å²) in [5.41, 5.74) is 0.808. The van der Waals surface area contributed by atoms with Crippen LogP contribution in [-0.4, -0.2) is 42.7 Å². The summed E-state index contributed by atoms with van der Waals surface area (Å²) in [6, 6.07) is 7.59. The van der Waals surface area contributed by atoms with Crippen LogP contribution in [0.3, 0.4) is 0 Å². The first-order valence-electron chi connectivity index (χ1n) is 9.09. The average Bonchev–Trinajstić information content (AvgIpc) is 3.46. The Balaban J connectivity index is 1.74. The van der Waals surface area contributed by atoms with Crippen LogP contribution in [0.5, 0.6) is 0 Å². The molecule has 1 aliphatic carbocycles. The quantitative estimate of drug-likeness (QED) is 0.577. The van der Waals surface area contributed by atoms with E-state index in [2.05, 4.69) is 16.0 Å². The van der Waals surface area contributed by atoms with Crippen LogP contribution in [-0.2, 0) is 25.7 Å². The van der Waals surface area contributed by atoms with Crippen molar-refractivity contribution in [1.29, 1.82) is 0 Å². The van der Waals surface area contributed by atoms with Gasteiger partial charge in [0.15, 0.2) is 6.61 Å². The van der Waals surface area contributed by atoms with Crippen LogP contribution in [0.2, 0.25) is 0 Å². The van der Waals surface area contributed by atoms with Crippen molar-refractivity contribution in [3.05, 3.63) is 35.9 Å². The maximum absolute atomic E-state index is 12.2. The summed E-state index contributed by atoms with van der Waals surface area (Å²) in [6.07, 6.45) is 1.00. The number of alkyl carbamates (subject to hydrolysis) is 1. The van der Waals surface area contributed by atoms with E-state index in [0.29, 0.717) is 0 Å². The smallest absolute Gasteiger partial charge is 0.408 e. The molecule has 0 aromatic heterocycles. The highest BCUT2D eigenvalue weighted by Gasteiger charge is 2.28. The Hall–Kier alpha value is -3.10. The molecule has 0 spiro atoms. The zero-order valence-electron chi connectivity index (χ0n) is 15.9. The zero-order valence-corrected chi connectivity index (χ0v) is 15.9. The second-order valence-electron chi connectivity index (χ2n) is 6.83. The molecule has 1 aromatic carbocycles. The predicted molar refractivity (Wildman–Crippen MR) is 99.0 cm³/mol. The normalized spacial score (nSPS) is 14.0. The summed E-state index contributed by atoms with van der Waals surface area (Å²) in [4.78, 5) is 47.3. The lowest BCUT2D eigenvalue weighted by molar-refractivity contribution is -0.151. The van der Waals surface area contributed by atoms with E-state index in [1.165, 1.54) is 0 Å². The fraction of sp³-hybridized carbons (Fsp3) is 0.474. The van der Waals surface area contributed by atoms with Crippen LogP contribution in [0.4, 0.5) is 9.59 Å². The Morgan fingerprint density at radius 1 is 1.07 bits per heavy atom. The first-order chi connectivity index (χ1) is 13.3. The van der Waals surface area contributed by atoms with Gasteiger partial charge >= 0.3 is 18.1 Å². The third kappa shape index (κ3) is 7.65. The number of amides is 4. The van der Waals surface area contributed by atoms with Crippen LogP contribution in [0.1, 0.15) is 32.3 Å². The second kappa shape index (κ2) is 10.3. The molecule has 3 N–H and O–H groups in total. The van der Waals surface area contributed by atoms with Gasteiger partial charge in [0, 0.05) is 6.04 Å². The van der Waals surface area contributed by atoms with Crippen molar-refractivity contribution < 1.29 is 28.7 Å². The Labute approximate surface area is 163 Å². The molecule has 1 aromatic rings. The molecule has 9 heteroatoms. The van der Waals surface area contributed by atoms with Crippen LogP contribution < -0.4 is 16.0 Å². The molecule has 0 aliphatic heterocycles. The number of carbonyl (C=O) groups is 4. The van der Waals surface area contributed by atoms with Gasteiger partial charge in [-0.3, -0.25) is 10.1 Å². The van der Waals surface area contributed by atoms with Crippen molar-refractivity contribution in [2.75, 3.05) is 6.61 Å². The standard InChI is InChI=1S/C19H25N3O6/c1-12(2)16(22-19(26)28-10-13-6-4-3-5-7-13)17(24)27-11-15(23)21-18(25)20-14-8-9-14/h3-7,12,14,16H,8-11H2,1-2H3,(H,22,26)(H2,20,21,23,25)/t16-/m0/s1. The molecule has 0 heterocycles. The number of imide groups is 1. The van der Waals surface area contributed by atoms with Crippen LogP contribution >= 0.6 is 0 Å². The van der Waals surface area contributed by atoms with E-state index in [0.717, 1.165) is 18.4 Å². The molecule has 0 unspecified atom stereocenters. The lowest BCUT2D eigenvalue weighted by atomic mass is 10.1. The van der Waals surface area contributed by atoms with Gasteiger partial charge in [0.05, 0.1) is 0 Å². The zero-order chi connectivity index (χ0) is 20.5. The van der Waals surface area contributed by atoms with Gasteiger partial charge in [-0.2, -0.15) is 0 Å². The van der Waals surface area contributed by atoms with Crippen molar-refractivity contribution in [3.8, 4) is 0 Å². The molecule has 1 saturated carbocycles. The van der Waals surface area contributed by atoms with E-state index in [-0.39, 0.29) is 18.6 Å². The summed E-state index contributed by atoms with van der Waals surface area (Å²) in [7, 11) is 0. The summed E-state index contributed by atoms with van der Waals surface area (Å²) >= 11 is 0. The van der Waals surface area contributed by atoms with Crippen molar-refractivity contribution in [2.24, 2.45) is 5.92 Å². The highest BCUT2D eigenvalue weighted by atomic mass is 16.6. The fourth-order valence-corrected chi connectivity index (χ4v) is 2.23. The molecule has 1 aliphatic rings. The highest BCUT2D eigenvalue weighted by molar-refractivity contribution is 5.96. The number of benzene rings is 1. The number of hydrogen-bond donors (Lipinski definition) is 3. The van der Waals surface area contributed by atoms with Gasteiger partial charge in [-0.25, -0.2) is 14.4 Å². The van der Waals surface area contributed by atoms with E-state index in [9.17, 15) is 19.2 Å². The minimum atomic E-state index is -0.989. The Morgan fingerprint density at radius 3 is 2.36 bits per heavy atom. The van der Waals surface area contributed by atoms with Gasteiger partial charge < -0.3 is 20.1 Å². The molecule has 0 radical (unpaired) electrons. The average molecular weight is 391 g/mol. The first kappa shape index (κ1) is 21.2. The number of carbonyl (C=O) groups excluding carboxylic acids is 4. The largest absolute Gasteiger partial charge is 0.454 e. The number of urea groups is 1. The number of hydrogen-bond acceptors (Lipinski definition) is 6. The third-order valence-electron chi connectivity index (χ3n) is 3.92. The van der Waals surface area contributed by atoms with Crippen molar-refractivity contribution in [3.63, 3.8) is 0 Å². The molecular weight excluding hydrogens is 366 g/mol. The van der Waals surface area contributed by atoms with E-state index in [1.807, 2.05) is 18.2 Å². The number of esters is 1. The summed E-state index contributed by atoms with van der Waals surface area (Å²) < 4.78 is 10.0. The van der Waals surface area contributed by atoms with Gasteiger partial charge in [-0.05, 0) is 24.3 Å². The molecular formula is C19H25N3O6. The molecule has 28 heavy (non-hydrogen) atoms. The van der Waals surface area contributed by atoms with Gasteiger partial charge in [0.25, 0.3) is 5.91 Å². The van der Waals surface area contributed by atoms with Gasteiger partial charge in [0.2, 0.25) is 0 Å². The van der Waals surface area contributed by atoms with Crippen LogP contribution in [0.15, 0.2) is 30.3 Å². The summed E-state index contributed by atoms with van der Waals surface area (Å²) in [6.45, 7) is 2.87. The topological polar surface area (TPSA) is 123 Å². The van der Waals surface area contributed by atoms with Crippen molar-refractivity contribution in [2.45, 2.75) is 45.4 Å². The van der Waals surface area contributed by atoms with E-state index in [1.54, 1.807) is 26.0 Å². The first-order valence-corrected chi connectivity index (χ1v) is 9.09. The third-order valence-corrected chi connectivity index (χ3v) is 3.92. The maximum Gasteiger partial charge on any atom is 0.408 e. The van der Waals surface area contributed by atoms with Gasteiger partial charge in [-0.1, -0.05) is 44.2 Å². The maximum atomic E-state index is 12.2. The molecule has 0 bridgehead atoms. The van der Waals surface area contributed by atoms with Crippen molar-refractivity contribution in [1.82, 2.24) is 16.0 Å². The molecule has 9 nitrogen and oxygen atoms in total. The molecule has 4 amide bonds. The summed E-state index contributed by atoms with van der Waals surface area (Å²) in [5.74, 6) is -1.83. The van der Waals surface area contributed by atoms with Crippen molar-refractivity contribution >= 4 is 24.0 Å². The number of nitrogens with one attached hydrogen (secondary N) is 3.